The SMILES string of the molecule is O=C(O)c1cccc(Cl)c1-c1cccnc1. The van der Waals surface area contributed by atoms with Crippen LogP contribution in [0.25, 0.3) is 11.1 Å². The number of benzene rings is 1. The molecule has 0 atom stereocenters. The number of carbonyl (C=O) groups is 1. The maximum absolute atomic E-state index is 11.1. The van der Waals surface area contributed by atoms with Crippen molar-refractivity contribution >= 4 is 17.6 Å². The topological polar surface area (TPSA) is 50.2 Å². The number of rotatable bonds is 2. The van der Waals surface area contributed by atoms with Gasteiger partial charge >= 0.3 is 5.97 Å². The summed E-state index contributed by atoms with van der Waals surface area (Å²) in [6, 6.07) is 8.32. The highest BCUT2D eigenvalue weighted by atomic mass is 35.5. The van der Waals surface area contributed by atoms with E-state index in [0.717, 1.165) is 0 Å². The lowest BCUT2D eigenvalue weighted by molar-refractivity contribution is 0.0697. The van der Waals surface area contributed by atoms with Crippen molar-refractivity contribution in [1.82, 2.24) is 4.98 Å². The molecule has 0 aliphatic heterocycles. The van der Waals surface area contributed by atoms with Gasteiger partial charge in [-0.3, -0.25) is 4.98 Å². The lowest BCUT2D eigenvalue weighted by Crippen LogP contribution is -1.99. The zero-order valence-corrected chi connectivity index (χ0v) is 8.98. The zero-order valence-electron chi connectivity index (χ0n) is 8.22. The Hall–Kier alpha value is -1.87. The van der Waals surface area contributed by atoms with Crippen LogP contribution in [0.4, 0.5) is 0 Å². The normalized spacial score (nSPS) is 10.1. The average Bonchev–Trinajstić information content (AvgIpc) is 2.29. The highest BCUT2D eigenvalue weighted by Gasteiger charge is 2.14. The van der Waals surface area contributed by atoms with Gasteiger partial charge in [0.05, 0.1) is 5.56 Å². The summed E-state index contributed by atoms with van der Waals surface area (Å²) in [5.41, 5.74) is 1.38. The molecule has 1 aromatic carbocycles. The molecule has 0 fully saturated rings. The first-order valence-corrected chi connectivity index (χ1v) is 5.00. The number of hydrogen-bond acceptors (Lipinski definition) is 2. The quantitative estimate of drug-likeness (QED) is 0.867. The van der Waals surface area contributed by atoms with Crippen LogP contribution in [0.15, 0.2) is 42.7 Å². The Morgan fingerprint density at radius 2 is 2.06 bits per heavy atom. The molecule has 16 heavy (non-hydrogen) atoms. The summed E-state index contributed by atoms with van der Waals surface area (Å²) in [4.78, 5) is 15.0. The van der Waals surface area contributed by atoms with Crippen LogP contribution in [0, 0.1) is 0 Å². The Kier molecular flexibility index (Phi) is 2.88. The van der Waals surface area contributed by atoms with Crippen LogP contribution in [0.5, 0.6) is 0 Å². The van der Waals surface area contributed by atoms with Crippen molar-refractivity contribution in [3.05, 3.63) is 53.3 Å². The maximum atomic E-state index is 11.1. The molecule has 3 nitrogen and oxygen atoms in total. The highest BCUT2D eigenvalue weighted by molar-refractivity contribution is 6.34. The number of aromatic carboxylic acids is 1. The van der Waals surface area contributed by atoms with Gasteiger partial charge < -0.3 is 5.11 Å². The third kappa shape index (κ3) is 1.90. The number of carboxylic acid groups (broad SMARTS) is 1. The van der Waals surface area contributed by atoms with Crippen molar-refractivity contribution in [2.24, 2.45) is 0 Å². The maximum Gasteiger partial charge on any atom is 0.336 e. The minimum absolute atomic E-state index is 0.181. The second-order valence-electron chi connectivity index (χ2n) is 3.21. The summed E-state index contributed by atoms with van der Waals surface area (Å²) in [7, 11) is 0. The molecular weight excluding hydrogens is 226 g/mol. The minimum Gasteiger partial charge on any atom is -0.478 e. The smallest absolute Gasteiger partial charge is 0.336 e. The van der Waals surface area contributed by atoms with E-state index in [9.17, 15) is 4.79 Å². The number of aromatic nitrogens is 1. The van der Waals surface area contributed by atoms with Gasteiger partial charge in [0.15, 0.2) is 0 Å². The third-order valence-corrected chi connectivity index (χ3v) is 2.51. The van der Waals surface area contributed by atoms with Crippen molar-refractivity contribution in [3.8, 4) is 11.1 Å². The molecule has 4 heteroatoms. The molecule has 0 bridgehead atoms. The monoisotopic (exact) mass is 233 g/mol. The molecule has 1 aromatic heterocycles. The number of hydrogen-bond donors (Lipinski definition) is 1. The van der Waals surface area contributed by atoms with Crippen molar-refractivity contribution in [3.63, 3.8) is 0 Å². The fourth-order valence-corrected chi connectivity index (χ4v) is 1.79. The van der Waals surface area contributed by atoms with E-state index in [1.165, 1.54) is 6.07 Å². The Bertz CT molecular complexity index is 526. The first-order valence-electron chi connectivity index (χ1n) is 4.62. The minimum atomic E-state index is -0.999. The molecule has 0 aliphatic carbocycles. The van der Waals surface area contributed by atoms with Crippen LogP contribution in [-0.4, -0.2) is 16.1 Å². The first kappa shape index (κ1) is 10.6. The van der Waals surface area contributed by atoms with Gasteiger partial charge in [-0.15, -0.1) is 0 Å². The molecule has 0 spiro atoms. The molecule has 80 valence electrons. The largest absolute Gasteiger partial charge is 0.478 e. The summed E-state index contributed by atoms with van der Waals surface area (Å²) in [6.07, 6.45) is 3.22. The Labute approximate surface area is 97.3 Å². The molecule has 1 heterocycles. The van der Waals surface area contributed by atoms with Crippen LogP contribution < -0.4 is 0 Å². The molecule has 0 aliphatic rings. The fourth-order valence-electron chi connectivity index (χ4n) is 1.51. The Morgan fingerprint density at radius 3 is 2.69 bits per heavy atom. The van der Waals surface area contributed by atoms with Crippen molar-refractivity contribution < 1.29 is 9.90 Å². The second kappa shape index (κ2) is 4.33. The van der Waals surface area contributed by atoms with E-state index in [1.54, 1.807) is 36.7 Å². The first-order chi connectivity index (χ1) is 7.70. The van der Waals surface area contributed by atoms with Crippen LogP contribution in [0.1, 0.15) is 10.4 Å². The van der Waals surface area contributed by atoms with E-state index in [4.69, 9.17) is 16.7 Å². The average molecular weight is 234 g/mol. The van der Waals surface area contributed by atoms with Crippen molar-refractivity contribution in [2.45, 2.75) is 0 Å². The van der Waals surface area contributed by atoms with E-state index >= 15 is 0 Å². The van der Waals surface area contributed by atoms with E-state index < -0.39 is 5.97 Å². The highest BCUT2D eigenvalue weighted by Crippen LogP contribution is 2.30. The Morgan fingerprint density at radius 1 is 1.25 bits per heavy atom. The van der Waals surface area contributed by atoms with Crippen molar-refractivity contribution in [2.75, 3.05) is 0 Å². The van der Waals surface area contributed by atoms with Gasteiger partial charge in [0.2, 0.25) is 0 Å². The predicted octanol–water partition coefficient (Wildman–Crippen LogP) is 3.10. The molecule has 2 aromatic rings. The van der Waals surface area contributed by atoms with E-state index in [1.807, 2.05) is 0 Å². The van der Waals surface area contributed by atoms with Crippen LogP contribution >= 0.6 is 11.6 Å². The summed E-state index contributed by atoms with van der Waals surface area (Å²) >= 11 is 6.02. The molecule has 1 N–H and O–H groups in total. The zero-order chi connectivity index (χ0) is 11.5. The van der Waals surface area contributed by atoms with Gasteiger partial charge in [-0.25, -0.2) is 4.79 Å². The van der Waals surface area contributed by atoms with Crippen LogP contribution in [0.3, 0.4) is 0 Å². The van der Waals surface area contributed by atoms with Gasteiger partial charge in [-0.05, 0) is 18.2 Å². The van der Waals surface area contributed by atoms with Gasteiger partial charge in [0.25, 0.3) is 0 Å². The summed E-state index contributed by atoms with van der Waals surface area (Å²) in [5.74, 6) is -0.999. The van der Waals surface area contributed by atoms with E-state index in [0.29, 0.717) is 16.1 Å². The summed E-state index contributed by atoms with van der Waals surface area (Å²) in [5, 5.41) is 9.48. The predicted molar refractivity (Wildman–Crippen MR) is 61.6 cm³/mol. The van der Waals surface area contributed by atoms with Crippen molar-refractivity contribution in [1.29, 1.82) is 0 Å². The lowest BCUT2D eigenvalue weighted by Gasteiger charge is -2.07. The number of halogens is 1. The molecule has 2 rings (SSSR count). The van der Waals surface area contributed by atoms with Gasteiger partial charge in [0, 0.05) is 28.5 Å². The van der Waals surface area contributed by atoms with Gasteiger partial charge in [0.1, 0.15) is 0 Å². The van der Waals surface area contributed by atoms with E-state index in [-0.39, 0.29) is 5.56 Å². The number of carboxylic acids is 1. The van der Waals surface area contributed by atoms with Gasteiger partial charge in [-0.2, -0.15) is 0 Å². The Balaban J connectivity index is 2.68. The van der Waals surface area contributed by atoms with Crippen LogP contribution in [-0.2, 0) is 0 Å². The third-order valence-electron chi connectivity index (χ3n) is 2.19. The number of nitrogens with zero attached hydrogens (tertiary/aromatic N) is 1. The lowest BCUT2D eigenvalue weighted by atomic mass is 10.0. The summed E-state index contributed by atoms with van der Waals surface area (Å²) in [6.45, 7) is 0. The van der Waals surface area contributed by atoms with Crippen LogP contribution in [0.2, 0.25) is 5.02 Å². The summed E-state index contributed by atoms with van der Waals surface area (Å²) < 4.78 is 0. The number of pyridine rings is 1. The second-order valence-corrected chi connectivity index (χ2v) is 3.62. The standard InChI is InChI=1S/C12H8ClNO2/c13-10-5-1-4-9(12(15)16)11(10)8-3-2-6-14-7-8/h1-7H,(H,15,16). The molecule has 0 amide bonds. The molecular formula is C12H8ClNO2. The van der Waals surface area contributed by atoms with Gasteiger partial charge in [-0.1, -0.05) is 23.7 Å². The molecule has 0 saturated carbocycles. The fraction of sp³-hybridized carbons (Fsp3) is 0. The molecule has 0 unspecified atom stereocenters. The molecule has 0 radical (unpaired) electrons. The van der Waals surface area contributed by atoms with E-state index in [2.05, 4.69) is 4.98 Å². The molecule has 0 saturated heterocycles.